The van der Waals surface area contributed by atoms with Gasteiger partial charge in [-0.3, -0.25) is 9.40 Å². The molecule has 3 N–H and O–H groups in total. The van der Waals surface area contributed by atoms with Crippen LogP contribution in [-0.4, -0.2) is 18.2 Å². The van der Waals surface area contributed by atoms with Gasteiger partial charge in [0.25, 0.3) is 10.0 Å². The molecule has 0 aliphatic rings. The summed E-state index contributed by atoms with van der Waals surface area (Å²) in [6, 6.07) is 6.71. The van der Waals surface area contributed by atoms with Crippen LogP contribution >= 0.6 is 0 Å². The number of aromatic nitrogens is 2. The van der Waals surface area contributed by atoms with E-state index in [0.29, 0.717) is 11.4 Å². The molecule has 7 heteroatoms. The molecule has 0 spiro atoms. The Kier molecular flexibility index (Phi) is 3.59. The van der Waals surface area contributed by atoms with Crippen molar-refractivity contribution in [3.8, 4) is 0 Å². The summed E-state index contributed by atoms with van der Waals surface area (Å²) < 4.78 is 28.5. The van der Waals surface area contributed by atoms with Crippen molar-refractivity contribution in [2.75, 3.05) is 4.72 Å². The van der Waals surface area contributed by atoms with E-state index < -0.39 is 10.0 Å². The Labute approximate surface area is 112 Å². The van der Waals surface area contributed by atoms with Gasteiger partial charge in [0.15, 0.2) is 0 Å². The normalized spacial score (nSPS) is 11.5. The molecule has 1 heterocycles. The summed E-state index contributed by atoms with van der Waals surface area (Å²) in [5.41, 5.74) is 7.09. The molecule has 0 radical (unpaired) electrons. The molecule has 6 nitrogen and oxygen atoms in total. The molecule has 0 fully saturated rings. The molecule has 0 saturated heterocycles. The van der Waals surface area contributed by atoms with Gasteiger partial charge in [0, 0.05) is 19.2 Å². The third-order valence-electron chi connectivity index (χ3n) is 2.77. The quantitative estimate of drug-likeness (QED) is 0.873. The average Bonchev–Trinajstić information content (AvgIpc) is 2.70. The van der Waals surface area contributed by atoms with E-state index in [0.717, 1.165) is 5.56 Å². The van der Waals surface area contributed by atoms with Crippen molar-refractivity contribution in [3.05, 3.63) is 41.6 Å². The highest BCUT2D eigenvalue weighted by molar-refractivity contribution is 7.92. The predicted octanol–water partition coefficient (Wildman–Crippen LogP) is 0.988. The second kappa shape index (κ2) is 5.02. The number of hydrogen-bond acceptors (Lipinski definition) is 4. The van der Waals surface area contributed by atoms with Crippen molar-refractivity contribution in [1.29, 1.82) is 0 Å². The summed E-state index contributed by atoms with van der Waals surface area (Å²) in [7, 11) is -1.97. The standard InChI is InChI=1S/C12H16N4O2S/c1-9-4-3-5-11(6-9)19(17,18)15-12-10(7-13)8-14-16(12)2/h3-6,8,15H,7,13H2,1-2H3. The van der Waals surface area contributed by atoms with Gasteiger partial charge in [-0.15, -0.1) is 0 Å². The Bertz CT molecular complexity index is 692. The minimum Gasteiger partial charge on any atom is -0.326 e. The second-order valence-corrected chi connectivity index (χ2v) is 5.95. The largest absolute Gasteiger partial charge is 0.326 e. The predicted molar refractivity (Wildman–Crippen MR) is 73.1 cm³/mol. The fourth-order valence-corrected chi connectivity index (χ4v) is 2.97. The van der Waals surface area contributed by atoms with Crippen LogP contribution in [0.5, 0.6) is 0 Å². The lowest BCUT2D eigenvalue weighted by Crippen LogP contribution is -2.17. The smallest absolute Gasteiger partial charge is 0.263 e. The van der Waals surface area contributed by atoms with Crippen LogP contribution in [0.15, 0.2) is 35.4 Å². The third-order valence-corrected chi connectivity index (χ3v) is 4.10. The summed E-state index contributed by atoms with van der Waals surface area (Å²) in [4.78, 5) is 0.219. The van der Waals surface area contributed by atoms with Gasteiger partial charge in [-0.1, -0.05) is 12.1 Å². The number of sulfonamides is 1. The summed E-state index contributed by atoms with van der Waals surface area (Å²) in [5, 5.41) is 3.99. The number of nitrogens with two attached hydrogens (primary N) is 1. The first-order valence-corrected chi connectivity index (χ1v) is 7.23. The van der Waals surface area contributed by atoms with E-state index in [2.05, 4.69) is 9.82 Å². The minimum atomic E-state index is -3.63. The fraction of sp³-hybridized carbons (Fsp3) is 0.250. The molecule has 0 aliphatic carbocycles. The number of nitrogens with zero attached hydrogens (tertiary/aromatic N) is 2. The molecule has 0 unspecified atom stereocenters. The average molecular weight is 280 g/mol. The highest BCUT2D eigenvalue weighted by atomic mass is 32.2. The van der Waals surface area contributed by atoms with E-state index in [1.807, 2.05) is 13.0 Å². The van der Waals surface area contributed by atoms with Crippen LogP contribution < -0.4 is 10.5 Å². The monoisotopic (exact) mass is 280 g/mol. The van der Waals surface area contributed by atoms with Gasteiger partial charge < -0.3 is 5.73 Å². The molecule has 102 valence electrons. The Morgan fingerprint density at radius 1 is 1.42 bits per heavy atom. The lowest BCUT2D eigenvalue weighted by molar-refractivity contribution is 0.600. The van der Waals surface area contributed by atoms with Gasteiger partial charge in [-0.05, 0) is 24.6 Å². The maximum Gasteiger partial charge on any atom is 0.263 e. The highest BCUT2D eigenvalue weighted by Crippen LogP contribution is 2.19. The molecule has 2 aromatic rings. The third kappa shape index (κ3) is 2.77. The van der Waals surface area contributed by atoms with Crippen LogP contribution in [0.2, 0.25) is 0 Å². The maximum absolute atomic E-state index is 12.3. The molecular weight excluding hydrogens is 264 g/mol. The molecule has 1 aromatic heterocycles. The molecule has 0 aliphatic heterocycles. The van der Waals surface area contributed by atoms with Crippen LogP contribution in [-0.2, 0) is 23.6 Å². The van der Waals surface area contributed by atoms with Crippen LogP contribution in [0.3, 0.4) is 0 Å². The SMILES string of the molecule is Cc1cccc(S(=O)(=O)Nc2c(CN)cnn2C)c1. The van der Waals surface area contributed by atoms with E-state index in [-0.39, 0.29) is 11.4 Å². The topological polar surface area (TPSA) is 90.0 Å². The summed E-state index contributed by atoms with van der Waals surface area (Å²) >= 11 is 0. The van der Waals surface area contributed by atoms with E-state index >= 15 is 0 Å². The van der Waals surface area contributed by atoms with Gasteiger partial charge in [-0.2, -0.15) is 5.10 Å². The van der Waals surface area contributed by atoms with E-state index in [4.69, 9.17) is 5.73 Å². The van der Waals surface area contributed by atoms with E-state index in [9.17, 15) is 8.42 Å². The van der Waals surface area contributed by atoms with Crippen molar-refractivity contribution < 1.29 is 8.42 Å². The van der Waals surface area contributed by atoms with Gasteiger partial charge in [0.2, 0.25) is 0 Å². The van der Waals surface area contributed by atoms with Gasteiger partial charge in [0.05, 0.1) is 11.1 Å². The van der Waals surface area contributed by atoms with E-state index in [1.54, 1.807) is 31.4 Å². The van der Waals surface area contributed by atoms with Crippen LogP contribution in [0, 0.1) is 6.92 Å². The summed E-state index contributed by atoms with van der Waals surface area (Å²) in [6.45, 7) is 2.06. The molecule has 19 heavy (non-hydrogen) atoms. The van der Waals surface area contributed by atoms with Gasteiger partial charge in [0.1, 0.15) is 5.82 Å². The van der Waals surface area contributed by atoms with Crippen LogP contribution in [0.1, 0.15) is 11.1 Å². The van der Waals surface area contributed by atoms with Crippen molar-refractivity contribution in [3.63, 3.8) is 0 Å². The number of aryl methyl sites for hydroxylation is 2. The summed E-state index contributed by atoms with van der Waals surface area (Å²) in [5.74, 6) is 0.393. The summed E-state index contributed by atoms with van der Waals surface area (Å²) in [6.07, 6.45) is 1.55. The fourth-order valence-electron chi connectivity index (χ4n) is 1.73. The lowest BCUT2D eigenvalue weighted by atomic mass is 10.2. The zero-order valence-corrected chi connectivity index (χ0v) is 11.6. The zero-order chi connectivity index (χ0) is 14.0. The van der Waals surface area contributed by atoms with Crippen molar-refractivity contribution >= 4 is 15.8 Å². The lowest BCUT2D eigenvalue weighted by Gasteiger charge is -2.10. The number of hydrogen-bond donors (Lipinski definition) is 2. The maximum atomic E-state index is 12.3. The van der Waals surface area contributed by atoms with Crippen molar-refractivity contribution in [2.24, 2.45) is 12.8 Å². The molecule has 0 saturated carbocycles. The molecule has 2 rings (SSSR count). The number of benzene rings is 1. The zero-order valence-electron chi connectivity index (χ0n) is 10.8. The Morgan fingerprint density at radius 2 is 2.16 bits per heavy atom. The number of nitrogens with one attached hydrogen (secondary N) is 1. The van der Waals surface area contributed by atoms with Gasteiger partial charge in [-0.25, -0.2) is 8.42 Å². The number of anilines is 1. The molecule has 0 bridgehead atoms. The molecule has 0 amide bonds. The highest BCUT2D eigenvalue weighted by Gasteiger charge is 2.18. The van der Waals surface area contributed by atoms with Gasteiger partial charge >= 0.3 is 0 Å². The van der Waals surface area contributed by atoms with Crippen molar-refractivity contribution in [1.82, 2.24) is 9.78 Å². The Morgan fingerprint density at radius 3 is 2.79 bits per heavy atom. The first kappa shape index (κ1) is 13.6. The first-order valence-electron chi connectivity index (χ1n) is 5.74. The Hall–Kier alpha value is -1.86. The minimum absolute atomic E-state index is 0.219. The second-order valence-electron chi connectivity index (χ2n) is 4.27. The van der Waals surface area contributed by atoms with E-state index in [1.165, 1.54) is 4.68 Å². The van der Waals surface area contributed by atoms with Crippen molar-refractivity contribution in [2.45, 2.75) is 18.4 Å². The molecule has 1 aromatic carbocycles. The van der Waals surface area contributed by atoms with Crippen LogP contribution in [0.4, 0.5) is 5.82 Å². The Balaban J connectivity index is 2.39. The molecular formula is C12H16N4O2S. The first-order chi connectivity index (χ1) is 8.94. The molecule has 0 atom stereocenters. The number of rotatable bonds is 4. The van der Waals surface area contributed by atoms with Crippen LogP contribution in [0.25, 0.3) is 0 Å².